The average molecular weight is 288 g/mol. The van der Waals surface area contributed by atoms with E-state index in [2.05, 4.69) is 5.32 Å². The van der Waals surface area contributed by atoms with E-state index in [4.69, 9.17) is 27.9 Å². The van der Waals surface area contributed by atoms with Crippen LogP contribution in [0.5, 0.6) is 0 Å². The van der Waals surface area contributed by atoms with Gasteiger partial charge >= 0.3 is 0 Å². The Morgan fingerprint density at radius 1 is 1.33 bits per heavy atom. The maximum Gasteiger partial charge on any atom is 0.0637 e. The highest BCUT2D eigenvalue weighted by Gasteiger charge is 2.41. The molecule has 1 aromatic rings. The van der Waals surface area contributed by atoms with E-state index in [0.717, 1.165) is 31.7 Å². The minimum absolute atomic E-state index is 0.459. The lowest BCUT2D eigenvalue weighted by Crippen LogP contribution is -2.24. The Kier molecular flexibility index (Phi) is 4.91. The number of rotatable bonds is 7. The van der Waals surface area contributed by atoms with E-state index in [1.807, 2.05) is 18.2 Å². The van der Waals surface area contributed by atoms with Crippen molar-refractivity contribution < 1.29 is 4.74 Å². The summed E-state index contributed by atoms with van der Waals surface area (Å²) in [6, 6.07) is 5.76. The second kappa shape index (κ2) is 6.25. The minimum atomic E-state index is 0.459. The summed E-state index contributed by atoms with van der Waals surface area (Å²) in [5, 5.41) is 4.77. The summed E-state index contributed by atoms with van der Waals surface area (Å²) >= 11 is 12.1. The highest BCUT2D eigenvalue weighted by Crippen LogP contribution is 2.48. The van der Waals surface area contributed by atoms with Crippen LogP contribution in [0.1, 0.15) is 24.8 Å². The van der Waals surface area contributed by atoms with Gasteiger partial charge in [0.15, 0.2) is 0 Å². The summed E-state index contributed by atoms with van der Waals surface area (Å²) < 4.78 is 5.15. The Morgan fingerprint density at radius 2 is 2.11 bits per heavy atom. The fraction of sp³-hybridized carbons (Fsp3) is 0.571. The van der Waals surface area contributed by atoms with Crippen LogP contribution in [-0.2, 0) is 11.3 Å². The third-order valence-electron chi connectivity index (χ3n) is 3.64. The molecule has 0 heterocycles. The standard InChI is InChI=1S/C14H19Cl2NO/c1-18-8-7-14(5-6-14)10-17-9-11-3-2-4-12(15)13(11)16/h2-4,17H,5-10H2,1H3. The molecule has 0 aromatic heterocycles. The van der Waals surface area contributed by atoms with Gasteiger partial charge in [-0.1, -0.05) is 35.3 Å². The molecule has 0 saturated heterocycles. The van der Waals surface area contributed by atoms with Crippen LogP contribution in [0.4, 0.5) is 0 Å². The van der Waals surface area contributed by atoms with Gasteiger partial charge < -0.3 is 10.1 Å². The molecule has 0 amide bonds. The van der Waals surface area contributed by atoms with Crippen molar-refractivity contribution in [1.29, 1.82) is 0 Å². The van der Waals surface area contributed by atoms with Gasteiger partial charge in [-0.15, -0.1) is 0 Å². The molecule has 1 aliphatic carbocycles. The first-order chi connectivity index (χ1) is 8.67. The number of halogens is 2. The quantitative estimate of drug-likeness (QED) is 0.821. The lowest BCUT2D eigenvalue weighted by Gasteiger charge is -2.16. The van der Waals surface area contributed by atoms with E-state index in [-0.39, 0.29) is 0 Å². The first-order valence-electron chi connectivity index (χ1n) is 6.29. The van der Waals surface area contributed by atoms with Crippen molar-refractivity contribution in [1.82, 2.24) is 5.32 Å². The molecule has 1 saturated carbocycles. The SMILES string of the molecule is COCCC1(CNCc2cccc(Cl)c2Cl)CC1. The summed E-state index contributed by atoms with van der Waals surface area (Å²) in [7, 11) is 1.76. The Morgan fingerprint density at radius 3 is 2.78 bits per heavy atom. The lowest BCUT2D eigenvalue weighted by molar-refractivity contribution is 0.171. The molecule has 0 aliphatic heterocycles. The lowest BCUT2D eigenvalue weighted by atomic mass is 10.0. The summed E-state index contributed by atoms with van der Waals surface area (Å²) in [6.07, 6.45) is 3.74. The average Bonchev–Trinajstić information content (AvgIpc) is 3.13. The Balaban J connectivity index is 1.80. The van der Waals surface area contributed by atoms with E-state index in [1.54, 1.807) is 7.11 Å². The maximum absolute atomic E-state index is 6.15. The van der Waals surface area contributed by atoms with Gasteiger partial charge in [-0.05, 0) is 36.3 Å². The topological polar surface area (TPSA) is 21.3 Å². The van der Waals surface area contributed by atoms with Crippen molar-refractivity contribution in [3.8, 4) is 0 Å². The number of methoxy groups -OCH3 is 1. The summed E-state index contributed by atoms with van der Waals surface area (Å²) in [6.45, 7) is 2.65. The summed E-state index contributed by atoms with van der Waals surface area (Å²) in [5.41, 5.74) is 1.52. The fourth-order valence-corrected chi connectivity index (χ4v) is 2.54. The Labute approximate surface area is 119 Å². The second-order valence-corrected chi connectivity index (χ2v) is 5.84. The van der Waals surface area contributed by atoms with E-state index < -0.39 is 0 Å². The second-order valence-electron chi connectivity index (χ2n) is 5.06. The molecular formula is C14H19Cl2NO. The first kappa shape index (κ1) is 14.1. The Bertz CT molecular complexity index is 405. The van der Waals surface area contributed by atoms with Crippen LogP contribution in [0.3, 0.4) is 0 Å². The third kappa shape index (κ3) is 3.61. The molecule has 0 atom stereocenters. The molecule has 0 bridgehead atoms. The monoisotopic (exact) mass is 287 g/mol. The van der Waals surface area contributed by atoms with E-state index in [9.17, 15) is 0 Å². The van der Waals surface area contributed by atoms with Crippen LogP contribution in [-0.4, -0.2) is 20.3 Å². The van der Waals surface area contributed by atoms with Crippen molar-refractivity contribution in [3.63, 3.8) is 0 Å². The number of benzene rings is 1. The minimum Gasteiger partial charge on any atom is -0.385 e. The molecular weight excluding hydrogens is 269 g/mol. The smallest absolute Gasteiger partial charge is 0.0637 e. The molecule has 18 heavy (non-hydrogen) atoms. The van der Waals surface area contributed by atoms with Gasteiger partial charge in [0.05, 0.1) is 10.0 Å². The zero-order valence-electron chi connectivity index (χ0n) is 10.6. The van der Waals surface area contributed by atoms with Gasteiger partial charge in [-0.25, -0.2) is 0 Å². The molecule has 1 aromatic carbocycles. The normalized spacial score (nSPS) is 16.8. The molecule has 0 unspecified atom stereocenters. The van der Waals surface area contributed by atoms with Crippen molar-refractivity contribution >= 4 is 23.2 Å². The van der Waals surface area contributed by atoms with Crippen molar-refractivity contribution in [2.75, 3.05) is 20.3 Å². The molecule has 1 N–H and O–H groups in total. The number of hydrogen-bond donors (Lipinski definition) is 1. The predicted octanol–water partition coefficient (Wildman–Crippen LogP) is 3.90. The van der Waals surface area contributed by atoms with Crippen LogP contribution < -0.4 is 5.32 Å². The van der Waals surface area contributed by atoms with Gasteiger partial charge in [0, 0.05) is 26.8 Å². The molecule has 0 spiro atoms. The zero-order valence-corrected chi connectivity index (χ0v) is 12.2. The highest BCUT2D eigenvalue weighted by atomic mass is 35.5. The number of ether oxygens (including phenoxy) is 1. The van der Waals surface area contributed by atoms with Gasteiger partial charge in [0.25, 0.3) is 0 Å². The van der Waals surface area contributed by atoms with Crippen molar-refractivity contribution in [3.05, 3.63) is 33.8 Å². The van der Waals surface area contributed by atoms with Gasteiger partial charge in [0.2, 0.25) is 0 Å². The number of hydrogen-bond acceptors (Lipinski definition) is 2. The molecule has 1 aliphatic rings. The fourth-order valence-electron chi connectivity index (χ4n) is 2.16. The summed E-state index contributed by atoms with van der Waals surface area (Å²) in [5.74, 6) is 0. The highest BCUT2D eigenvalue weighted by molar-refractivity contribution is 6.42. The molecule has 4 heteroatoms. The van der Waals surface area contributed by atoms with Crippen LogP contribution in [0, 0.1) is 5.41 Å². The van der Waals surface area contributed by atoms with Crippen LogP contribution in [0.2, 0.25) is 10.0 Å². The van der Waals surface area contributed by atoms with Gasteiger partial charge in [-0.3, -0.25) is 0 Å². The Hall–Kier alpha value is -0.280. The molecule has 2 nitrogen and oxygen atoms in total. The van der Waals surface area contributed by atoms with E-state index in [1.165, 1.54) is 12.8 Å². The predicted molar refractivity (Wildman–Crippen MR) is 76.3 cm³/mol. The summed E-state index contributed by atoms with van der Waals surface area (Å²) in [4.78, 5) is 0. The maximum atomic E-state index is 6.15. The van der Waals surface area contributed by atoms with Gasteiger partial charge in [-0.2, -0.15) is 0 Å². The van der Waals surface area contributed by atoms with E-state index >= 15 is 0 Å². The van der Waals surface area contributed by atoms with Crippen LogP contribution in [0.25, 0.3) is 0 Å². The van der Waals surface area contributed by atoms with Crippen LogP contribution >= 0.6 is 23.2 Å². The largest absolute Gasteiger partial charge is 0.385 e. The number of nitrogens with one attached hydrogen (secondary N) is 1. The zero-order chi connectivity index (χ0) is 13.0. The first-order valence-corrected chi connectivity index (χ1v) is 7.05. The molecule has 0 radical (unpaired) electrons. The van der Waals surface area contributed by atoms with Gasteiger partial charge in [0.1, 0.15) is 0 Å². The van der Waals surface area contributed by atoms with E-state index in [0.29, 0.717) is 15.5 Å². The molecule has 100 valence electrons. The molecule has 1 fully saturated rings. The van der Waals surface area contributed by atoms with Crippen LogP contribution in [0.15, 0.2) is 18.2 Å². The van der Waals surface area contributed by atoms with Crippen molar-refractivity contribution in [2.45, 2.75) is 25.8 Å². The molecule has 2 rings (SSSR count). The third-order valence-corrected chi connectivity index (χ3v) is 4.50. The van der Waals surface area contributed by atoms with Crippen molar-refractivity contribution in [2.24, 2.45) is 5.41 Å².